The van der Waals surface area contributed by atoms with E-state index in [1.54, 1.807) is 11.3 Å². The highest BCUT2D eigenvalue weighted by molar-refractivity contribution is 7.10. The maximum Gasteiger partial charge on any atom is 0.490 e. The second-order valence-electron chi connectivity index (χ2n) is 9.32. The Kier molecular flexibility index (Phi) is 9.18. The Hall–Kier alpha value is -2.44. The van der Waals surface area contributed by atoms with Gasteiger partial charge in [-0.25, -0.2) is 4.79 Å². The Morgan fingerprint density at radius 2 is 2.06 bits per heavy atom. The number of thiophene rings is 1. The van der Waals surface area contributed by atoms with Crippen molar-refractivity contribution in [2.45, 2.75) is 70.3 Å². The minimum atomic E-state index is -5.08. The van der Waals surface area contributed by atoms with Gasteiger partial charge in [0.25, 0.3) is 0 Å². The molecular formula is C24H33F3N4O4S. The number of carbonyl (C=O) groups is 2. The second-order valence-corrected chi connectivity index (χ2v) is 10.4. The Morgan fingerprint density at radius 1 is 1.33 bits per heavy atom. The van der Waals surface area contributed by atoms with E-state index in [9.17, 15) is 18.0 Å². The van der Waals surface area contributed by atoms with Crippen molar-refractivity contribution < 1.29 is 32.6 Å². The smallest absolute Gasteiger partial charge is 0.475 e. The van der Waals surface area contributed by atoms with E-state index in [1.807, 2.05) is 29.2 Å². The van der Waals surface area contributed by atoms with Gasteiger partial charge in [0, 0.05) is 42.8 Å². The largest absolute Gasteiger partial charge is 0.490 e. The summed E-state index contributed by atoms with van der Waals surface area (Å²) in [6, 6.07) is 4.11. The zero-order chi connectivity index (χ0) is 26.5. The maximum absolute atomic E-state index is 12.7. The second kappa shape index (κ2) is 11.7. The number of aryl methyl sites for hydroxylation is 2. The average molecular weight is 531 g/mol. The zero-order valence-corrected chi connectivity index (χ0v) is 21.5. The topological polar surface area (TPSA) is 96.7 Å². The molecule has 0 bridgehead atoms. The van der Waals surface area contributed by atoms with Crippen LogP contribution in [0.1, 0.15) is 47.5 Å². The van der Waals surface area contributed by atoms with Gasteiger partial charge >= 0.3 is 12.1 Å². The summed E-state index contributed by atoms with van der Waals surface area (Å²) in [6.07, 6.45) is -0.304. The van der Waals surface area contributed by atoms with Gasteiger partial charge in [-0.15, -0.1) is 11.3 Å². The van der Waals surface area contributed by atoms with E-state index in [2.05, 4.69) is 29.2 Å². The van der Waals surface area contributed by atoms with Crippen molar-refractivity contribution in [3.05, 3.63) is 39.3 Å². The zero-order valence-electron chi connectivity index (χ0n) is 20.7. The van der Waals surface area contributed by atoms with Crippen LogP contribution < -0.4 is 5.32 Å². The van der Waals surface area contributed by atoms with E-state index < -0.39 is 12.1 Å². The lowest BCUT2D eigenvalue weighted by atomic mass is 9.78. The first-order valence-corrected chi connectivity index (χ1v) is 12.8. The predicted molar refractivity (Wildman–Crippen MR) is 129 cm³/mol. The van der Waals surface area contributed by atoms with Crippen molar-refractivity contribution in [1.82, 2.24) is 20.0 Å². The number of hydrogen-bond donors (Lipinski definition) is 2. The van der Waals surface area contributed by atoms with Crippen molar-refractivity contribution in [1.29, 1.82) is 0 Å². The first-order chi connectivity index (χ1) is 16.9. The summed E-state index contributed by atoms with van der Waals surface area (Å²) >= 11 is 1.64. The first kappa shape index (κ1) is 28.1. The van der Waals surface area contributed by atoms with Gasteiger partial charge in [0.2, 0.25) is 5.91 Å². The fraction of sp³-hybridized carbons (Fsp3) is 0.625. The molecule has 3 heterocycles. The lowest BCUT2D eigenvalue weighted by Crippen LogP contribution is -2.64. The molecule has 8 nitrogen and oxygen atoms in total. The van der Waals surface area contributed by atoms with Gasteiger partial charge in [0.05, 0.1) is 24.8 Å². The summed E-state index contributed by atoms with van der Waals surface area (Å²) in [6.45, 7) is 7.63. The number of aromatic nitrogens is 2. The van der Waals surface area contributed by atoms with Crippen LogP contribution in [0.25, 0.3) is 0 Å². The molecule has 36 heavy (non-hydrogen) atoms. The highest BCUT2D eigenvalue weighted by atomic mass is 32.1. The number of nitrogens with one attached hydrogen (secondary N) is 1. The van der Waals surface area contributed by atoms with Gasteiger partial charge in [-0.05, 0) is 38.1 Å². The van der Waals surface area contributed by atoms with Crippen LogP contribution in [0.3, 0.4) is 0 Å². The van der Waals surface area contributed by atoms with Crippen LogP contribution in [0.4, 0.5) is 13.2 Å². The number of hydrogen-bond acceptors (Lipinski definition) is 6. The number of alkyl halides is 3. The number of morpholine rings is 1. The fourth-order valence-electron chi connectivity index (χ4n) is 4.88. The third kappa shape index (κ3) is 7.07. The van der Waals surface area contributed by atoms with Crippen LogP contribution in [0, 0.1) is 13.8 Å². The number of carboxylic acid groups (broad SMARTS) is 1. The molecule has 1 saturated carbocycles. The lowest BCUT2D eigenvalue weighted by Gasteiger charge is -2.49. The molecule has 2 fully saturated rings. The molecule has 0 radical (unpaired) electrons. The van der Waals surface area contributed by atoms with E-state index in [-0.39, 0.29) is 17.6 Å². The lowest BCUT2D eigenvalue weighted by molar-refractivity contribution is -0.192. The van der Waals surface area contributed by atoms with Crippen molar-refractivity contribution >= 4 is 23.2 Å². The number of amides is 1. The Morgan fingerprint density at radius 3 is 2.64 bits per heavy atom. The summed E-state index contributed by atoms with van der Waals surface area (Å²) in [5.74, 6) is -2.65. The molecule has 12 heteroatoms. The molecule has 2 unspecified atom stereocenters. The highest BCUT2D eigenvalue weighted by Crippen LogP contribution is 2.35. The number of carbonyl (C=O) groups excluding carboxylic acids is 1. The van der Waals surface area contributed by atoms with Crippen LogP contribution >= 0.6 is 11.3 Å². The van der Waals surface area contributed by atoms with Crippen molar-refractivity contribution in [2.75, 3.05) is 19.7 Å². The third-order valence-electron chi connectivity index (χ3n) is 6.80. The summed E-state index contributed by atoms with van der Waals surface area (Å²) in [5.41, 5.74) is 3.38. The molecule has 1 aliphatic heterocycles. The summed E-state index contributed by atoms with van der Waals surface area (Å²) in [5, 5.41) is 17.0. The minimum Gasteiger partial charge on any atom is -0.475 e. The maximum atomic E-state index is 12.7. The molecule has 200 valence electrons. The highest BCUT2D eigenvalue weighted by Gasteiger charge is 2.46. The van der Waals surface area contributed by atoms with Gasteiger partial charge in [0.1, 0.15) is 5.60 Å². The Bertz CT molecular complexity index is 1040. The van der Waals surface area contributed by atoms with Crippen LogP contribution in [0.5, 0.6) is 0 Å². The van der Waals surface area contributed by atoms with E-state index in [1.165, 1.54) is 11.3 Å². The van der Waals surface area contributed by atoms with Gasteiger partial charge < -0.3 is 15.2 Å². The molecule has 2 N–H and O–H groups in total. The summed E-state index contributed by atoms with van der Waals surface area (Å²) in [7, 11) is 2.01. The minimum absolute atomic E-state index is 0.0857. The fourth-order valence-corrected chi connectivity index (χ4v) is 5.58. The van der Waals surface area contributed by atoms with Crippen molar-refractivity contribution in [3.63, 3.8) is 0 Å². The van der Waals surface area contributed by atoms with E-state index in [0.717, 1.165) is 62.5 Å². The third-order valence-corrected chi connectivity index (χ3v) is 7.68. The van der Waals surface area contributed by atoms with Gasteiger partial charge in [-0.1, -0.05) is 18.9 Å². The SMILES string of the molecule is Cc1nn(C)c(C)c1CN1CCOC2(CCCCC2NC(=O)Cc2cccs2)C1.O=C(O)C(F)(F)F. The Labute approximate surface area is 212 Å². The molecule has 2 aromatic heterocycles. The van der Waals surface area contributed by atoms with Crippen LogP contribution in [-0.2, 0) is 34.3 Å². The van der Waals surface area contributed by atoms with Crippen LogP contribution in [-0.4, -0.2) is 69.2 Å². The molecule has 1 amide bonds. The molecule has 2 aliphatic rings. The number of rotatable bonds is 5. The van der Waals surface area contributed by atoms with E-state index in [0.29, 0.717) is 6.42 Å². The number of halogens is 3. The molecule has 1 aliphatic carbocycles. The molecule has 1 spiro atoms. The van der Waals surface area contributed by atoms with Gasteiger partial charge in [-0.2, -0.15) is 18.3 Å². The quantitative estimate of drug-likeness (QED) is 0.613. The summed E-state index contributed by atoms with van der Waals surface area (Å²) in [4.78, 5) is 25.2. The van der Waals surface area contributed by atoms with Crippen molar-refractivity contribution in [3.8, 4) is 0 Å². The number of ether oxygens (including phenoxy) is 1. The predicted octanol–water partition coefficient (Wildman–Crippen LogP) is 3.60. The van der Waals surface area contributed by atoms with E-state index in [4.69, 9.17) is 14.6 Å². The van der Waals surface area contributed by atoms with Crippen molar-refractivity contribution in [2.24, 2.45) is 7.05 Å². The molecule has 2 aromatic rings. The standard InChI is InChI=1S/C22H32N4O2S.C2HF3O2/c1-16-19(17(2)25(3)24-16)14-26-10-11-28-22(15-26)9-5-4-8-20(22)23-21(27)13-18-7-6-12-29-18;3-2(4,5)1(6)7/h6-7,12,20H,4-5,8-11,13-15H2,1-3H3,(H,23,27);(H,6,7). The molecule has 0 aromatic carbocycles. The monoisotopic (exact) mass is 530 g/mol. The number of nitrogens with zero attached hydrogens (tertiary/aromatic N) is 3. The Balaban J connectivity index is 0.000000454. The van der Waals surface area contributed by atoms with E-state index >= 15 is 0 Å². The number of carboxylic acids is 1. The normalized spacial score (nSPS) is 22.7. The number of aliphatic carboxylic acids is 1. The summed E-state index contributed by atoms with van der Waals surface area (Å²) < 4.78 is 40.1. The molecule has 4 rings (SSSR count). The van der Waals surface area contributed by atoms with Gasteiger partial charge in [-0.3, -0.25) is 14.4 Å². The van der Waals surface area contributed by atoms with Gasteiger partial charge in [0.15, 0.2) is 0 Å². The average Bonchev–Trinajstić information content (AvgIpc) is 3.39. The van der Waals surface area contributed by atoms with Crippen LogP contribution in [0.2, 0.25) is 0 Å². The molecule has 2 atom stereocenters. The molecular weight excluding hydrogens is 497 g/mol. The molecule has 1 saturated heterocycles. The first-order valence-electron chi connectivity index (χ1n) is 11.9. The van der Waals surface area contributed by atoms with Crippen LogP contribution in [0.15, 0.2) is 17.5 Å².